The van der Waals surface area contributed by atoms with Crippen LogP contribution in [0.15, 0.2) is 23.1 Å². The lowest BCUT2D eigenvalue weighted by atomic mass is 10.3. The largest absolute Gasteiger partial charge is 0.462 e. The second kappa shape index (κ2) is 2.09. The Kier molecular flexibility index (Phi) is 1.43. The number of aryl methyl sites for hydroxylation is 1. The highest BCUT2D eigenvalue weighted by atomic mass is 16.3. The molecule has 1 nitrogen and oxygen atoms in total. The van der Waals surface area contributed by atoms with E-state index in [0.717, 1.165) is 17.1 Å². The molecular formula is C8H10O. The van der Waals surface area contributed by atoms with Crippen molar-refractivity contribution in [2.24, 2.45) is 0 Å². The Labute approximate surface area is 55.0 Å². The molecule has 0 saturated carbocycles. The van der Waals surface area contributed by atoms with Crippen LogP contribution in [0.5, 0.6) is 0 Å². The Bertz CT molecular complexity index is 220. The molecule has 0 N–H and O–H groups in total. The molecule has 0 amide bonds. The van der Waals surface area contributed by atoms with Gasteiger partial charge in [0.25, 0.3) is 0 Å². The molecule has 1 rings (SSSR count). The first-order valence-electron chi connectivity index (χ1n) is 2.92. The lowest BCUT2D eigenvalue weighted by molar-refractivity contribution is 0.521. The summed E-state index contributed by atoms with van der Waals surface area (Å²) in [5.41, 5.74) is 0.975. The van der Waals surface area contributed by atoms with Crippen molar-refractivity contribution >= 4 is 5.57 Å². The van der Waals surface area contributed by atoms with Gasteiger partial charge in [-0.2, -0.15) is 0 Å². The number of hydrogen-bond donors (Lipinski definition) is 0. The molecule has 0 aromatic carbocycles. The van der Waals surface area contributed by atoms with E-state index in [1.807, 2.05) is 26.0 Å². The van der Waals surface area contributed by atoms with Crippen molar-refractivity contribution in [2.75, 3.05) is 0 Å². The van der Waals surface area contributed by atoms with Crippen molar-refractivity contribution in [3.63, 3.8) is 0 Å². The molecule has 48 valence electrons. The molecule has 0 unspecified atom stereocenters. The maximum Gasteiger partial charge on any atom is 0.129 e. The van der Waals surface area contributed by atoms with Crippen LogP contribution in [0.4, 0.5) is 0 Å². The Hall–Kier alpha value is -0.980. The molecule has 0 aliphatic rings. The van der Waals surface area contributed by atoms with Crippen molar-refractivity contribution < 1.29 is 4.42 Å². The SMILES string of the molecule is C=C(C)c1ccc(C)o1. The highest BCUT2D eigenvalue weighted by molar-refractivity contribution is 5.56. The minimum absolute atomic E-state index is 0.882. The van der Waals surface area contributed by atoms with Gasteiger partial charge >= 0.3 is 0 Å². The number of hydrogen-bond acceptors (Lipinski definition) is 1. The van der Waals surface area contributed by atoms with Crippen LogP contribution in [-0.2, 0) is 0 Å². The standard InChI is InChI=1S/C8H10O/c1-6(2)8-5-4-7(3)9-8/h4-5H,1H2,2-3H3. The Balaban J connectivity index is 2.98. The van der Waals surface area contributed by atoms with E-state index in [-0.39, 0.29) is 0 Å². The number of rotatable bonds is 1. The van der Waals surface area contributed by atoms with Crippen molar-refractivity contribution in [1.82, 2.24) is 0 Å². The monoisotopic (exact) mass is 122 g/mol. The third-order valence-electron chi connectivity index (χ3n) is 1.16. The van der Waals surface area contributed by atoms with E-state index < -0.39 is 0 Å². The average Bonchev–Trinajstić information content (AvgIpc) is 2.14. The molecule has 1 aromatic rings. The highest BCUT2D eigenvalue weighted by Gasteiger charge is 1.95. The van der Waals surface area contributed by atoms with Crippen LogP contribution >= 0.6 is 0 Å². The van der Waals surface area contributed by atoms with Crippen LogP contribution in [-0.4, -0.2) is 0 Å². The molecule has 9 heavy (non-hydrogen) atoms. The summed E-state index contributed by atoms with van der Waals surface area (Å²) in [6.07, 6.45) is 0. The topological polar surface area (TPSA) is 13.1 Å². The molecule has 0 aliphatic heterocycles. The molecule has 0 atom stereocenters. The smallest absolute Gasteiger partial charge is 0.129 e. The van der Waals surface area contributed by atoms with Gasteiger partial charge in [-0.25, -0.2) is 0 Å². The summed E-state index contributed by atoms with van der Waals surface area (Å²) in [7, 11) is 0. The lowest BCUT2D eigenvalue weighted by Crippen LogP contribution is -1.66. The molecule has 1 heteroatoms. The van der Waals surface area contributed by atoms with Gasteiger partial charge in [0, 0.05) is 0 Å². The quantitative estimate of drug-likeness (QED) is 0.558. The first-order valence-corrected chi connectivity index (χ1v) is 2.92. The summed E-state index contributed by atoms with van der Waals surface area (Å²) in [4.78, 5) is 0. The normalized spacial score (nSPS) is 9.56. The third kappa shape index (κ3) is 1.22. The molecule has 0 aliphatic carbocycles. The van der Waals surface area contributed by atoms with Crippen molar-refractivity contribution in [3.05, 3.63) is 30.2 Å². The van der Waals surface area contributed by atoms with Crippen LogP contribution in [0.25, 0.3) is 5.57 Å². The molecule has 0 bridgehead atoms. The fourth-order valence-electron chi connectivity index (χ4n) is 0.664. The molecule has 0 fully saturated rings. The third-order valence-corrected chi connectivity index (χ3v) is 1.16. The zero-order chi connectivity index (χ0) is 6.85. The van der Waals surface area contributed by atoms with Crippen molar-refractivity contribution in [1.29, 1.82) is 0 Å². The van der Waals surface area contributed by atoms with Gasteiger partial charge in [0.05, 0.1) is 0 Å². The summed E-state index contributed by atoms with van der Waals surface area (Å²) in [5, 5.41) is 0. The Morgan fingerprint density at radius 3 is 2.44 bits per heavy atom. The van der Waals surface area contributed by atoms with Crippen molar-refractivity contribution in [2.45, 2.75) is 13.8 Å². The first-order chi connectivity index (χ1) is 4.20. The van der Waals surface area contributed by atoms with E-state index in [0.29, 0.717) is 0 Å². The number of furan rings is 1. The van der Waals surface area contributed by atoms with E-state index in [9.17, 15) is 0 Å². The fourth-order valence-corrected chi connectivity index (χ4v) is 0.664. The summed E-state index contributed by atoms with van der Waals surface area (Å²) >= 11 is 0. The van der Waals surface area contributed by atoms with E-state index in [4.69, 9.17) is 4.42 Å². The molecule has 1 heterocycles. The van der Waals surface area contributed by atoms with Gasteiger partial charge in [0.15, 0.2) is 0 Å². The predicted molar refractivity (Wildman–Crippen MR) is 38.2 cm³/mol. The summed E-state index contributed by atoms with van der Waals surface area (Å²) in [6.45, 7) is 7.60. The van der Waals surface area contributed by atoms with E-state index in [1.54, 1.807) is 0 Å². The number of allylic oxidation sites excluding steroid dienone is 1. The minimum atomic E-state index is 0.882. The highest BCUT2D eigenvalue weighted by Crippen LogP contribution is 2.13. The predicted octanol–water partition coefficient (Wildman–Crippen LogP) is 2.62. The van der Waals surface area contributed by atoms with Crippen LogP contribution in [0.1, 0.15) is 18.4 Å². The van der Waals surface area contributed by atoms with Gasteiger partial charge in [-0.1, -0.05) is 6.58 Å². The second-order valence-corrected chi connectivity index (χ2v) is 2.19. The average molecular weight is 122 g/mol. The zero-order valence-corrected chi connectivity index (χ0v) is 5.77. The van der Waals surface area contributed by atoms with Crippen molar-refractivity contribution in [3.8, 4) is 0 Å². The lowest BCUT2D eigenvalue weighted by Gasteiger charge is -1.88. The first kappa shape index (κ1) is 6.14. The molecule has 0 spiro atoms. The van der Waals surface area contributed by atoms with Gasteiger partial charge in [-0.15, -0.1) is 0 Å². The van der Waals surface area contributed by atoms with Crippen LogP contribution in [0, 0.1) is 6.92 Å². The maximum atomic E-state index is 5.25. The van der Waals surface area contributed by atoms with Gasteiger partial charge in [0.1, 0.15) is 11.5 Å². The van der Waals surface area contributed by atoms with Gasteiger partial charge in [-0.05, 0) is 31.6 Å². The minimum Gasteiger partial charge on any atom is -0.462 e. The van der Waals surface area contributed by atoms with Crippen LogP contribution in [0.2, 0.25) is 0 Å². The maximum absolute atomic E-state index is 5.25. The van der Waals surface area contributed by atoms with Gasteiger partial charge < -0.3 is 4.42 Å². The van der Waals surface area contributed by atoms with E-state index >= 15 is 0 Å². The Morgan fingerprint density at radius 2 is 2.22 bits per heavy atom. The summed E-state index contributed by atoms with van der Waals surface area (Å²) in [5.74, 6) is 1.82. The summed E-state index contributed by atoms with van der Waals surface area (Å²) in [6, 6.07) is 3.86. The zero-order valence-electron chi connectivity index (χ0n) is 5.77. The van der Waals surface area contributed by atoms with E-state index in [2.05, 4.69) is 6.58 Å². The molecule has 0 saturated heterocycles. The molecular weight excluding hydrogens is 112 g/mol. The van der Waals surface area contributed by atoms with Gasteiger partial charge in [-0.3, -0.25) is 0 Å². The molecule has 0 radical (unpaired) electrons. The van der Waals surface area contributed by atoms with Crippen LogP contribution < -0.4 is 0 Å². The fraction of sp³-hybridized carbons (Fsp3) is 0.250. The molecule has 1 aromatic heterocycles. The van der Waals surface area contributed by atoms with E-state index in [1.165, 1.54) is 0 Å². The Morgan fingerprint density at radius 1 is 1.56 bits per heavy atom. The van der Waals surface area contributed by atoms with Crippen LogP contribution in [0.3, 0.4) is 0 Å². The van der Waals surface area contributed by atoms with Gasteiger partial charge in [0.2, 0.25) is 0 Å². The summed E-state index contributed by atoms with van der Waals surface area (Å²) < 4.78 is 5.25. The second-order valence-electron chi connectivity index (χ2n) is 2.19.